The van der Waals surface area contributed by atoms with Crippen LogP contribution in [0.2, 0.25) is 0 Å². The average molecular weight is 226 g/mol. The minimum absolute atomic E-state index is 0.421. The number of carboxylic acid groups (broad SMARTS) is 1. The number of piperidine rings is 1. The number of nitrogens with zero attached hydrogens (tertiary/aromatic N) is 1. The quantitative estimate of drug-likeness (QED) is 0.748. The molecule has 1 heterocycles. The van der Waals surface area contributed by atoms with Crippen LogP contribution in [0, 0.1) is 11.3 Å². The Kier molecular flexibility index (Phi) is 3.50. The fourth-order valence-corrected chi connectivity index (χ4v) is 2.85. The lowest BCUT2D eigenvalue weighted by Crippen LogP contribution is -2.50. The van der Waals surface area contributed by atoms with Crippen LogP contribution in [0.5, 0.6) is 0 Å². The Hall–Kier alpha value is -0.610. The highest BCUT2D eigenvalue weighted by Gasteiger charge is 2.45. The lowest BCUT2D eigenvalue weighted by Gasteiger charge is -2.43. The SMILES string of the molecule is NCC1CCN(CC2(C(=O)O)CCC2)CC1. The molecular formula is C12H22N2O2. The Bertz CT molecular complexity index is 256. The van der Waals surface area contributed by atoms with Crippen LogP contribution < -0.4 is 5.73 Å². The van der Waals surface area contributed by atoms with Gasteiger partial charge in [0.1, 0.15) is 0 Å². The minimum Gasteiger partial charge on any atom is -0.481 e. The smallest absolute Gasteiger partial charge is 0.310 e. The van der Waals surface area contributed by atoms with E-state index in [9.17, 15) is 9.90 Å². The molecule has 1 aliphatic carbocycles. The van der Waals surface area contributed by atoms with E-state index in [4.69, 9.17) is 5.73 Å². The number of carbonyl (C=O) groups is 1. The molecule has 0 amide bonds. The zero-order valence-corrected chi connectivity index (χ0v) is 9.82. The normalized spacial score (nSPS) is 26.3. The molecule has 2 rings (SSSR count). The van der Waals surface area contributed by atoms with Crippen molar-refractivity contribution >= 4 is 5.97 Å². The van der Waals surface area contributed by atoms with E-state index in [1.165, 1.54) is 0 Å². The van der Waals surface area contributed by atoms with E-state index in [2.05, 4.69) is 4.90 Å². The van der Waals surface area contributed by atoms with E-state index < -0.39 is 11.4 Å². The summed E-state index contributed by atoms with van der Waals surface area (Å²) in [5.74, 6) is 0.0538. The van der Waals surface area contributed by atoms with Crippen molar-refractivity contribution in [3.8, 4) is 0 Å². The highest BCUT2D eigenvalue weighted by Crippen LogP contribution is 2.42. The fourth-order valence-electron chi connectivity index (χ4n) is 2.85. The molecule has 0 radical (unpaired) electrons. The van der Waals surface area contributed by atoms with E-state index in [1.807, 2.05) is 0 Å². The Balaban J connectivity index is 1.84. The number of hydrogen-bond acceptors (Lipinski definition) is 3. The zero-order valence-electron chi connectivity index (χ0n) is 9.82. The van der Waals surface area contributed by atoms with Gasteiger partial charge in [0.25, 0.3) is 0 Å². The molecule has 4 heteroatoms. The summed E-state index contributed by atoms with van der Waals surface area (Å²) < 4.78 is 0. The van der Waals surface area contributed by atoms with Crippen LogP contribution in [0.1, 0.15) is 32.1 Å². The first kappa shape index (κ1) is 11.9. The van der Waals surface area contributed by atoms with E-state index in [1.54, 1.807) is 0 Å². The lowest BCUT2D eigenvalue weighted by atomic mass is 9.68. The molecule has 0 unspecified atom stereocenters. The average Bonchev–Trinajstić information content (AvgIpc) is 2.24. The standard InChI is InChI=1S/C12H22N2O2/c13-8-10-2-6-14(7-3-10)9-12(11(15)16)4-1-5-12/h10H,1-9,13H2,(H,15,16). The number of rotatable bonds is 4. The van der Waals surface area contributed by atoms with Gasteiger partial charge >= 0.3 is 5.97 Å². The summed E-state index contributed by atoms with van der Waals surface area (Å²) in [5, 5.41) is 9.27. The van der Waals surface area contributed by atoms with Crippen molar-refractivity contribution in [3.63, 3.8) is 0 Å². The molecule has 0 atom stereocenters. The number of nitrogens with two attached hydrogens (primary N) is 1. The zero-order chi connectivity index (χ0) is 11.6. The highest BCUT2D eigenvalue weighted by atomic mass is 16.4. The molecule has 2 aliphatic rings. The van der Waals surface area contributed by atoms with E-state index in [0.29, 0.717) is 5.92 Å². The van der Waals surface area contributed by atoms with Gasteiger partial charge in [0, 0.05) is 6.54 Å². The van der Waals surface area contributed by atoms with Gasteiger partial charge in [0.2, 0.25) is 0 Å². The number of aliphatic carboxylic acids is 1. The first-order valence-corrected chi connectivity index (χ1v) is 6.32. The van der Waals surface area contributed by atoms with Crippen LogP contribution >= 0.6 is 0 Å². The summed E-state index contributed by atoms with van der Waals surface area (Å²) in [6.07, 6.45) is 5.06. The molecule has 0 aromatic carbocycles. The molecule has 4 nitrogen and oxygen atoms in total. The predicted octanol–water partition coefficient (Wildman–Crippen LogP) is 0.912. The van der Waals surface area contributed by atoms with Gasteiger partial charge in [-0.15, -0.1) is 0 Å². The van der Waals surface area contributed by atoms with Gasteiger partial charge in [0.05, 0.1) is 5.41 Å². The molecular weight excluding hydrogens is 204 g/mol. The summed E-state index contributed by atoms with van der Waals surface area (Å²) in [6, 6.07) is 0. The maximum atomic E-state index is 11.3. The summed E-state index contributed by atoms with van der Waals surface area (Å²) in [6.45, 7) is 3.57. The molecule has 92 valence electrons. The first-order valence-electron chi connectivity index (χ1n) is 6.32. The van der Waals surface area contributed by atoms with Crippen LogP contribution in [0.25, 0.3) is 0 Å². The molecule has 1 aliphatic heterocycles. The van der Waals surface area contributed by atoms with Crippen molar-refractivity contribution < 1.29 is 9.90 Å². The topological polar surface area (TPSA) is 66.6 Å². The number of likely N-dealkylation sites (tertiary alicyclic amines) is 1. The Morgan fingerprint density at radius 1 is 1.38 bits per heavy atom. The monoisotopic (exact) mass is 226 g/mol. The van der Waals surface area contributed by atoms with Crippen molar-refractivity contribution in [1.29, 1.82) is 0 Å². The second-order valence-electron chi connectivity index (χ2n) is 5.39. The molecule has 0 aromatic rings. The highest BCUT2D eigenvalue weighted by molar-refractivity contribution is 5.76. The largest absolute Gasteiger partial charge is 0.481 e. The maximum absolute atomic E-state index is 11.3. The maximum Gasteiger partial charge on any atom is 0.310 e. The second kappa shape index (κ2) is 4.72. The van der Waals surface area contributed by atoms with Crippen LogP contribution in [0.3, 0.4) is 0 Å². The van der Waals surface area contributed by atoms with E-state index in [-0.39, 0.29) is 0 Å². The van der Waals surface area contributed by atoms with Crippen LogP contribution in [0.15, 0.2) is 0 Å². The summed E-state index contributed by atoms with van der Waals surface area (Å²) >= 11 is 0. The van der Waals surface area contributed by atoms with Crippen LogP contribution in [0.4, 0.5) is 0 Å². The van der Waals surface area contributed by atoms with Crippen molar-refractivity contribution in [1.82, 2.24) is 4.90 Å². The van der Waals surface area contributed by atoms with Crippen LogP contribution in [-0.2, 0) is 4.79 Å². The Labute approximate surface area is 96.8 Å². The second-order valence-corrected chi connectivity index (χ2v) is 5.39. The van der Waals surface area contributed by atoms with Crippen molar-refractivity contribution in [2.45, 2.75) is 32.1 Å². The number of carboxylic acids is 1. The van der Waals surface area contributed by atoms with Gasteiger partial charge in [-0.25, -0.2) is 0 Å². The third kappa shape index (κ3) is 2.23. The first-order chi connectivity index (χ1) is 7.66. The van der Waals surface area contributed by atoms with Gasteiger partial charge in [-0.2, -0.15) is 0 Å². The summed E-state index contributed by atoms with van der Waals surface area (Å²) in [4.78, 5) is 13.6. The third-order valence-electron chi connectivity index (χ3n) is 4.33. The Morgan fingerprint density at radius 2 is 2.00 bits per heavy atom. The molecule has 1 saturated heterocycles. The molecule has 1 saturated carbocycles. The minimum atomic E-state index is -0.598. The van der Waals surface area contributed by atoms with Gasteiger partial charge in [0.15, 0.2) is 0 Å². The van der Waals surface area contributed by atoms with E-state index >= 15 is 0 Å². The van der Waals surface area contributed by atoms with Crippen LogP contribution in [-0.4, -0.2) is 42.2 Å². The molecule has 0 spiro atoms. The lowest BCUT2D eigenvalue weighted by molar-refractivity contribution is -0.156. The van der Waals surface area contributed by atoms with Crippen molar-refractivity contribution in [2.75, 3.05) is 26.2 Å². The van der Waals surface area contributed by atoms with Gasteiger partial charge in [-0.05, 0) is 51.2 Å². The Morgan fingerprint density at radius 3 is 2.38 bits per heavy atom. The predicted molar refractivity (Wildman–Crippen MR) is 62.1 cm³/mol. The molecule has 3 N–H and O–H groups in total. The molecule has 0 bridgehead atoms. The van der Waals surface area contributed by atoms with E-state index in [0.717, 1.165) is 58.3 Å². The van der Waals surface area contributed by atoms with Crippen molar-refractivity contribution in [2.24, 2.45) is 17.1 Å². The fraction of sp³-hybridized carbons (Fsp3) is 0.917. The van der Waals surface area contributed by atoms with Gasteiger partial charge in [-0.3, -0.25) is 4.79 Å². The van der Waals surface area contributed by atoms with Crippen molar-refractivity contribution in [3.05, 3.63) is 0 Å². The van der Waals surface area contributed by atoms with Gasteiger partial charge < -0.3 is 15.7 Å². The summed E-state index contributed by atoms with van der Waals surface area (Å²) in [7, 11) is 0. The third-order valence-corrected chi connectivity index (χ3v) is 4.33. The molecule has 0 aromatic heterocycles. The molecule has 16 heavy (non-hydrogen) atoms. The number of hydrogen-bond donors (Lipinski definition) is 2. The summed E-state index contributed by atoms with van der Waals surface area (Å²) in [5.41, 5.74) is 5.23. The molecule has 2 fully saturated rings. The van der Waals surface area contributed by atoms with Gasteiger partial charge in [-0.1, -0.05) is 6.42 Å².